The molecule has 0 aliphatic heterocycles. The van der Waals surface area contributed by atoms with Crippen molar-refractivity contribution in [2.75, 3.05) is 0 Å². The minimum Gasteiger partial charge on any atom is -0.319 e. The number of carbonyl (C=O) groups excluding carboxylic acids is 1. The minimum absolute atomic E-state index is 0.0470. The highest BCUT2D eigenvalue weighted by Crippen LogP contribution is 2.25. The van der Waals surface area contributed by atoms with Gasteiger partial charge in [-0.15, -0.1) is 0 Å². The Kier molecular flexibility index (Phi) is 4.65. The van der Waals surface area contributed by atoms with Gasteiger partial charge < -0.3 is 4.57 Å². The minimum atomic E-state index is -0.449. The van der Waals surface area contributed by atoms with Crippen LogP contribution in [0, 0.1) is 24.0 Å². The second-order valence-corrected chi connectivity index (χ2v) is 7.62. The Morgan fingerprint density at radius 2 is 2.00 bits per heavy atom. The monoisotopic (exact) mass is 373 g/mol. The van der Waals surface area contributed by atoms with Crippen molar-refractivity contribution in [2.45, 2.75) is 13.8 Å². The molecule has 0 saturated heterocycles. The maximum absolute atomic E-state index is 12.1. The van der Waals surface area contributed by atoms with E-state index < -0.39 is 10.8 Å². The smallest absolute Gasteiger partial charge is 0.319 e. The largest absolute Gasteiger partial charge is 0.324 e. The second kappa shape index (κ2) is 6.73. The van der Waals surface area contributed by atoms with Crippen LogP contribution in [-0.2, 0) is 11.8 Å². The van der Waals surface area contributed by atoms with Crippen LogP contribution in [0.15, 0.2) is 35.3 Å². The van der Waals surface area contributed by atoms with Crippen molar-refractivity contribution in [2.24, 2.45) is 12.0 Å². The van der Waals surface area contributed by atoms with Crippen LogP contribution in [-0.4, -0.2) is 15.4 Å². The molecule has 3 rings (SSSR count). The van der Waals surface area contributed by atoms with Crippen LogP contribution in [0.25, 0.3) is 16.3 Å². The van der Waals surface area contributed by atoms with Crippen LogP contribution < -0.4 is 4.80 Å². The fourth-order valence-corrected chi connectivity index (χ4v) is 4.26. The van der Waals surface area contributed by atoms with Gasteiger partial charge in [0.25, 0.3) is 5.91 Å². The van der Waals surface area contributed by atoms with Crippen molar-refractivity contribution >= 4 is 49.9 Å². The molecular weight excluding hydrogens is 358 g/mol. The summed E-state index contributed by atoms with van der Waals surface area (Å²) >= 11 is 2.48. The molecule has 25 heavy (non-hydrogen) atoms. The molecule has 0 saturated carbocycles. The summed E-state index contributed by atoms with van der Waals surface area (Å²) in [5, 5.41) is 10.7. The number of rotatable bonds is 3. The number of aromatic nitrogens is 1. The first-order chi connectivity index (χ1) is 11.9. The number of fused-ring (bicyclic) bond motifs is 1. The average molecular weight is 373 g/mol. The molecular formula is C17H15N3O3S2. The van der Waals surface area contributed by atoms with Crippen molar-refractivity contribution in [3.05, 3.63) is 61.3 Å². The van der Waals surface area contributed by atoms with E-state index in [1.165, 1.54) is 34.6 Å². The van der Waals surface area contributed by atoms with E-state index >= 15 is 0 Å². The predicted octanol–water partition coefficient (Wildman–Crippen LogP) is 3.97. The molecule has 3 aromatic rings. The highest BCUT2D eigenvalue weighted by molar-refractivity contribution is 7.16. The van der Waals surface area contributed by atoms with Crippen LogP contribution in [0.5, 0.6) is 0 Å². The van der Waals surface area contributed by atoms with Gasteiger partial charge in [-0.3, -0.25) is 14.9 Å². The summed E-state index contributed by atoms with van der Waals surface area (Å²) in [6, 6.07) is 7.12. The number of benzene rings is 1. The quantitative estimate of drug-likeness (QED) is 0.396. The SMILES string of the molecule is Cc1ccc2sc(=NC(=O)/C=C/c3ccc([N+](=O)[O-])s3)n(C)c2c1C. The van der Waals surface area contributed by atoms with E-state index in [0.717, 1.165) is 21.6 Å². The molecule has 0 aliphatic rings. The Morgan fingerprint density at radius 3 is 2.68 bits per heavy atom. The third-order valence-corrected chi connectivity index (χ3v) is 5.98. The first-order valence-corrected chi connectivity index (χ1v) is 9.07. The lowest BCUT2D eigenvalue weighted by molar-refractivity contribution is -0.380. The Balaban J connectivity index is 1.92. The maximum Gasteiger partial charge on any atom is 0.324 e. The van der Waals surface area contributed by atoms with Gasteiger partial charge in [0.1, 0.15) is 0 Å². The summed E-state index contributed by atoms with van der Waals surface area (Å²) in [6.45, 7) is 4.11. The molecule has 0 fully saturated rings. The summed E-state index contributed by atoms with van der Waals surface area (Å²) in [5.74, 6) is -0.396. The number of hydrogen-bond donors (Lipinski definition) is 0. The predicted molar refractivity (Wildman–Crippen MR) is 101 cm³/mol. The zero-order chi connectivity index (χ0) is 18.1. The Labute approximate surface area is 151 Å². The van der Waals surface area contributed by atoms with E-state index in [0.29, 0.717) is 9.68 Å². The molecule has 128 valence electrons. The normalized spacial score (nSPS) is 12.4. The third-order valence-electron chi connectivity index (χ3n) is 3.88. The number of amides is 1. The van der Waals surface area contributed by atoms with Crippen molar-refractivity contribution in [3.63, 3.8) is 0 Å². The molecule has 2 aromatic heterocycles. The number of thiophene rings is 1. The van der Waals surface area contributed by atoms with Gasteiger partial charge in [0, 0.05) is 24.1 Å². The zero-order valence-electron chi connectivity index (χ0n) is 13.8. The van der Waals surface area contributed by atoms with Crippen molar-refractivity contribution in [1.82, 2.24) is 4.57 Å². The van der Waals surface area contributed by atoms with Gasteiger partial charge in [-0.05, 0) is 43.2 Å². The van der Waals surface area contributed by atoms with Gasteiger partial charge in [-0.1, -0.05) is 28.7 Å². The van der Waals surface area contributed by atoms with Crippen LogP contribution in [0.2, 0.25) is 0 Å². The van der Waals surface area contributed by atoms with Gasteiger partial charge in [-0.25, -0.2) is 0 Å². The lowest BCUT2D eigenvalue weighted by Crippen LogP contribution is -2.12. The molecule has 0 radical (unpaired) electrons. The fourth-order valence-electron chi connectivity index (χ4n) is 2.45. The van der Waals surface area contributed by atoms with Gasteiger partial charge in [0.2, 0.25) is 0 Å². The average Bonchev–Trinajstić information content (AvgIpc) is 3.15. The number of carbonyl (C=O) groups is 1. The van der Waals surface area contributed by atoms with Crippen molar-refractivity contribution in [1.29, 1.82) is 0 Å². The zero-order valence-corrected chi connectivity index (χ0v) is 15.5. The second-order valence-electron chi connectivity index (χ2n) is 5.51. The Hall–Kier alpha value is -2.58. The number of nitrogens with zero attached hydrogens (tertiary/aromatic N) is 3. The first-order valence-electron chi connectivity index (χ1n) is 7.43. The Bertz CT molecular complexity index is 1090. The molecule has 2 heterocycles. The maximum atomic E-state index is 12.1. The van der Waals surface area contributed by atoms with E-state index in [1.54, 1.807) is 12.1 Å². The van der Waals surface area contributed by atoms with Crippen LogP contribution in [0.1, 0.15) is 16.0 Å². The third kappa shape index (κ3) is 3.45. The van der Waals surface area contributed by atoms with E-state index in [4.69, 9.17) is 0 Å². The van der Waals surface area contributed by atoms with Gasteiger partial charge in [-0.2, -0.15) is 4.99 Å². The first kappa shape index (κ1) is 17.2. The van der Waals surface area contributed by atoms with Crippen molar-refractivity contribution in [3.8, 4) is 0 Å². The number of nitro groups is 1. The lowest BCUT2D eigenvalue weighted by Gasteiger charge is -2.03. The molecule has 1 aromatic carbocycles. The number of hydrogen-bond acceptors (Lipinski definition) is 5. The van der Waals surface area contributed by atoms with Crippen LogP contribution >= 0.6 is 22.7 Å². The Morgan fingerprint density at radius 1 is 1.24 bits per heavy atom. The highest BCUT2D eigenvalue weighted by atomic mass is 32.1. The molecule has 0 N–H and O–H groups in total. The molecule has 6 nitrogen and oxygen atoms in total. The van der Waals surface area contributed by atoms with E-state index in [1.807, 2.05) is 17.7 Å². The number of aryl methyl sites for hydroxylation is 3. The van der Waals surface area contributed by atoms with Crippen LogP contribution in [0.3, 0.4) is 0 Å². The molecule has 0 bridgehead atoms. The summed E-state index contributed by atoms with van der Waals surface area (Å²) in [5.41, 5.74) is 3.44. The van der Waals surface area contributed by atoms with Crippen LogP contribution in [0.4, 0.5) is 5.00 Å². The topological polar surface area (TPSA) is 77.5 Å². The van der Waals surface area contributed by atoms with Crippen molar-refractivity contribution < 1.29 is 9.72 Å². The van der Waals surface area contributed by atoms with E-state index in [-0.39, 0.29) is 5.00 Å². The molecule has 1 amide bonds. The molecule has 0 atom stereocenters. The summed E-state index contributed by atoms with van der Waals surface area (Å²) in [4.78, 5) is 27.8. The molecule has 0 spiro atoms. The van der Waals surface area contributed by atoms with E-state index in [2.05, 4.69) is 24.9 Å². The summed E-state index contributed by atoms with van der Waals surface area (Å²) in [6.07, 6.45) is 2.88. The van der Waals surface area contributed by atoms with Gasteiger partial charge >= 0.3 is 5.00 Å². The number of thiazole rings is 1. The molecule has 0 aliphatic carbocycles. The van der Waals surface area contributed by atoms with E-state index in [9.17, 15) is 14.9 Å². The summed E-state index contributed by atoms with van der Waals surface area (Å²) < 4.78 is 3.00. The van der Waals surface area contributed by atoms with Gasteiger partial charge in [0.05, 0.1) is 15.1 Å². The standard InChI is InChI=1S/C17H15N3O3S2/c1-10-4-7-13-16(11(10)2)19(3)17(25-13)18-14(21)8-5-12-6-9-15(24-12)20(22)23/h4-9H,1-3H3/b8-5+,18-17?. The highest BCUT2D eigenvalue weighted by Gasteiger charge is 2.09. The molecule has 8 heteroatoms. The fraction of sp³-hybridized carbons (Fsp3) is 0.176. The molecule has 0 unspecified atom stereocenters. The lowest BCUT2D eigenvalue weighted by atomic mass is 10.1. The van der Waals surface area contributed by atoms with Gasteiger partial charge in [0.15, 0.2) is 4.80 Å². The summed E-state index contributed by atoms with van der Waals surface area (Å²) in [7, 11) is 1.89.